The molecule has 0 aromatic heterocycles. The average Bonchev–Trinajstić information content (AvgIpc) is 3.06. The maximum atomic E-state index is 13.0. The number of hydrogen-bond donors (Lipinski definition) is 2. The van der Waals surface area contributed by atoms with E-state index in [2.05, 4.69) is 5.32 Å². The molecule has 1 aromatic carbocycles. The molecule has 0 bridgehead atoms. The van der Waals surface area contributed by atoms with Gasteiger partial charge in [-0.2, -0.15) is 0 Å². The van der Waals surface area contributed by atoms with Crippen LogP contribution in [0.2, 0.25) is 0 Å². The van der Waals surface area contributed by atoms with Crippen LogP contribution in [0.25, 0.3) is 0 Å². The van der Waals surface area contributed by atoms with Crippen LogP contribution in [0.5, 0.6) is 0 Å². The molecule has 3 unspecified atom stereocenters. The number of carboxylic acids is 1. The molecule has 0 aliphatic carbocycles. The molecule has 1 aromatic rings. The summed E-state index contributed by atoms with van der Waals surface area (Å²) in [4.78, 5) is 24.0. The lowest BCUT2D eigenvalue weighted by atomic mass is 9.91. The van der Waals surface area contributed by atoms with Gasteiger partial charge >= 0.3 is 5.97 Å². The minimum atomic E-state index is -1.67. The van der Waals surface area contributed by atoms with Gasteiger partial charge in [-0.3, -0.25) is 4.79 Å². The summed E-state index contributed by atoms with van der Waals surface area (Å²) in [5, 5.41) is 12.0. The molecule has 6 nitrogen and oxygen atoms in total. The number of amides is 1. The Balaban J connectivity index is 2.01. The van der Waals surface area contributed by atoms with E-state index >= 15 is 0 Å². The minimum absolute atomic E-state index is 0.0248. The maximum Gasteiger partial charge on any atom is 0.333 e. The summed E-state index contributed by atoms with van der Waals surface area (Å²) in [6, 6.07) is 4.98. The van der Waals surface area contributed by atoms with E-state index in [1.54, 1.807) is 6.92 Å². The number of hydrogen-bond acceptors (Lipinski definition) is 4. The molecule has 2 rings (SSSR count). The Morgan fingerprint density at radius 1 is 1.46 bits per heavy atom. The van der Waals surface area contributed by atoms with Crippen molar-refractivity contribution in [3.63, 3.8) is 0 Å². The summed E-state index contributed by atoms with van der Waals surface area (Å²) < 4.78 is 23.9. The summed E-state index contributed by atoms with van der Waals surface area (Å²) in [5.41, 5.74) is -1.40. The van der Waals surface area contributed by atoms with E-state index < -0.39 is 29.3 Å². The standard InChI is InChI=1S/C17H22FNO5/c1-11(24-10-14-4-3-9-23-14)15(20)19-17(2,16(21)22)12-5-7-13(18)8-6-12/h5-8,11,14H,3-4,9-10H2,1-2H3,(H,19,20)(H,21,22). The van der Waals surface area contributed by atoms with Gasteiger partial charge in [-0.15, -0.1) is 0 Å². The van der Waals surface area contributed by atoms with Gasteiger partial charge < -0.3 is 19.9 Å². The minimum Gasteiger partial charge on any atom is -0.479 e. The van der Waals surface area contributed by atoms with E-state index in [9.17, 15) is 19.1 Å². The molecule has 3 atom stereocenters. The van der Waals surface area contributed by atoms with Crippen LogP contribution in [0.4, 0.5) is 4.39 Å². The Morgan fingerprint density at radius 2 is 2.12 bits per heavy atom. The predicted molar refractivity (Wildman–Crippen MR) is 83.9 cm³/mol. The van der Waals surface area contributed by atoms with Gasteiger partial charge in [0.15, 0.2) is 5.54 Å². The first-order valence-corrected chi connectivity index (χ1v) is 7.87. The van der Waals surface area contributed by atoms with Crippen molar-refractivity contribution in [1.29, 1.82) is 0 Å². The van der Waals surface area contributed by atoms with Crippen molar-refractivity contribution in [2.45, 2.75) is 44.4 Å². The van der Waals surface area contributed by atoms with Crippen molar-refractivity contribution in [2.75, 3.05) is 13.2 Å². The van der Waals surface area contributed by atoms with Gasteiger partial charge in [0.2, 0.25) is 5.91 Å². The van der Waals surface area contributed by atoms with Crippen LogP contribution in [0.15, 0.2) is 24.3 Å². The van der Waals surface area contributed by atoms with E-state index in [0.717, 1.165) is 25.0 Å². The topological polar surface area (TPSA) is 84.9 Å². The Bertz CT molecular complexity index is 585. The fourth-order valence-corrected chi connectivity index (χ4v) is 2.48. The quantitative estimate of drug-likeness (QED) is 0.792. The third-order valence-corrected chi connectivity index (χ3v) is 4.15. The number of carbonyl (C=O) groups excluding carboxylic acids is 1. The second-order valence-electron chi connectivity index (χ2n) is 6.04. The van der Waals surface area contributed by atoms with Gasteiger partial charge in [0.25, 0.3) is 0 Å². The smallest absolute Gasteiger partial charge is 0.333 e. The average molecular weight is 339 g/mol. The third kappa shape index (κ3) is 4.30. The van der Waals surface area contributed by atoms with Gasteiger partial charge in [0.05, 0.1) is 12.7 Å². The highest BCUT2D eigenvalue weighted by atomic mass is 19.1. The van der Waals surface area contributed by atoms with Crippen LogP contribution >= 0.6 is 0 Å². The van der Waals surface area contributed by atoms with E-state index in [0.29, 0.717) is 6.61 Å². The van der Waals surface area contributed by atoms with E-state index in [4.69, 9.17) is 9.47 Å². The normalized spacial score (nSPS) is 21.0. The van der Waals surface area contributed by atoms with Crippen LogP contribution in [0.3, 0.4) is 0 Å². The molecule has 1 amide bonds. The number of aliphatic carboxylic acids is 1. The highest BCUT2D eigenvalue weighted by Crippen LogP contribution is 2.22. The molecule has 1 aliphatic heterocycles. The van der Waals surface area contributed by atoms with Crippen LogP contribution in [-0.2, 0) is 24.6 Å². The number of rotatable bonds is 7. The van der Waals surface area contributed by atoms with Gasteiger partial charge in [-0.25, -0.2) is 9.18 Å². The lowest BCUT2D eigenvalue weighted by molar-refractivity contribution is -0.150. The Morgan fingerprint density at radius 3 is 2.67 bits per heavy atom. The molecule has 2 N–H and O–H groups in total. The Labute approximate surface area is 139 Å². The zero-order chi connectivity index (χ0) is 17.7. The van der Waals surface area contributed by atoms with Crippen molar-refractivity contribution < 1.29 is 28.6 Å². The predicted octanol–water partition coefficient (Wildman–Crippen LogP) is 1.83. The Hall–Kier alpha value is -1.99. The molecule has 1 heterocycles. The molecule has 1 fully saturated rings. The first-order chi connectivity index (χ1) is 11.3. The van der Waals surface area contributed by atoms with Crippen molar-refractivity contribution in [1.82, 2.24) is 5.32 Å². The van der Waals surface area contributed by atoms with Crippen molar-refractivity contribution in [2.24, 2.45) is 0 Å². The van der Waals surface area contributed by atoms with Crippen LogP contribution in [0.1, 0.15) is 32.3 Å². The van der Waals surface area contributed by atoms with Crippen molar-refractivity contribution in [3.8, 4) is 0 Å². The van der Waals surface area contributed by atoms with Gasteiger partial charge in [0, 0.05) is 6.61 Å². The zero-order valence-corrected chi connectivity index (χ0v) is 13.8. The molecule has 0 spiro atoms. The largest absolute Gasteiger partial charge is 0.479 e. The summed E-state index contributed by atoms with van der Waals surface area (Å²) >= 11 is 0. The number of nitrogens with one attached hydrogen (secondary N) is 1. The molecule has 132 valence electrons. The SMILES string of the molecule is CC(OCC1CCCO1)C(=O)NC(C)(C(=O)O)c1ccc(F)cc1. The number of carbonyl (C=O) groups is 2. The second-order valence-corrected chi connectivity index (χ2v) is 6.04. The molecule has 7 heteroatoms. The van der Waals surface area contributed by atoms with Gasteiger partial charge in [-0.05, 0) is 44.4 Å². The first kappa shape index (κ1) is 18.4. The molecule has 1 saturated heterocycles. The lowest BCUT2D eigenvalue weighted by Crippen LogP contribution is -2.52. The van der Waals surface area contributed by atoms with E-state index in [-0.39, 0.29) is 18.3 Å². The van der Waals surface area contributed by atoms with Gasteiger partial charge in [0.1, 0.15) is 11.9 Å². The van der Waals surface area contributed by atoms with Crippen molar-refractivity contribution in [3.05, 3.63) is 35.6 Å². The highest BCUT2D eigenvalue weighted by Gasteiger charge is 2.38. The van der Waals surface area contributed by atoms with Gasteiger partial charge in [-0.1, -0.05) is 12.1 Å². The summed E-state index contributed by atoms with van der Waals surface area (Å²) in [5.74, 6) is -2.28. The first-order valence-electron chi connectivity index (χ1n) is 7.87. The molecule has 1 aliphatic rings. The molecular weight excluding hydrogens is 317 g/mol. The van der Waals surface area contributed by atoms with Crippen molar-refractivity contribution >= 4 is 11.9 Å². The number of halogens is 1. The van der Waals surface area contributed by atoms with Crippen LogP contribution in [-0.4, -0.2) is 42.4 Å². The summed E-state index contributed by atoms with van der Waals surface area (Å²) in [6.07, 6.45) is 1.00. The molecule has 0 radical (unpaired) electrons. The summed E-state index contributed by atoms with van der Waals surface area (Å²) in [6.45, 7) is 3.88. The van der Waals surface area contributed by atoms with Crippen LogP contribution in [0, 0.1) is 5.82 Å². The molecule has 24 heavy (non-hydrogen) atoms. The van der Waals surface area contributed by atoms with E-state index in [1.165, 1.54) is 19.1 Å². The second kappa shape index (κ2) is 7.72. The molecule has 0 saturated carbocycles. The maximum absolute atomic E-state index is 13.0. The third-order valence-electron chi connectivity index (χ3n) is 4.15. The lowest BCUT2D eigenvalue weighted by Gasteiger charge is -2.28. The summed E-state index contributed by atoms with van der Waals surface area (Å²) in [7, 11) is 0. The number of benzene rings is 1. The fraction of sp³-hybridized carbons (Fsp3) is 0.529. The highest BCUT2D eigenvalue weighted by molar-refractivity contribution is 5.89. The number of carboxylic acid groups (broad SMARTS) is 1. The molecular formula is C17H22FNO5. The fourth-order valence-electron chi connectivity index (χ4n) is 2.48. The number of ether oxygens (including phenoxy) is 2. The van der Waals surface area contributed by atoms with E-state index in [1.807, 2.05) is 0 Å². The zero-order valence-electron chi connectivity index (χ0n) is 13.8. The monoisotopic (exact) mass is 339 g/mol. The Kier molecular flexibility index (Phi) is 5.90. The van der Waals surface area contributed by atoms with Crippen LogP contribution < -0.4 is 5.32 Å².